The van der Waals surface area contributed by atoms with E-state index in [1.807, 2.05) is 0 Å². The average molecular weight is 202 g/mol. The quantitative estimate of drug-likeness (QED) is 0.325. The van der Waals surface area contributed by atoms with Gasteiger partial charge < -0.3 is 0 Å². The topological polar surface area (TPSA) is 12.4 Å². The van der Waals surface area contributed by atoms with E-state index in [9.17, 15) is 17.6 Å². The first-order chi connectivity index (χ1) is 5.35. The fourth-order valence-electron chi connectivity index (χ4n) is 0.691. The molecule has 0 saturated carbocycles. The van der Waals surface area contributed by atoms with Crippen molar-refractivity contribution >= 4 is 17.8 Å². The summed E-state index contributed by atoms with van der Waals surface area (Å²) in [5.41, 5.74) is 0. The van der Waals surface area contributed by atoms with Crippen molar-refractivity contribution in [2.75, 3.05) is 0 Å². The van der Waals surface area contributed by atoms with Crippen LogP contribution in [0, 0.1) is 0 Å². The third kappa shape index (κ3) is 1.60. The van der Waals surface area contributed by atoms with Crippen molar-refractivity contribution in [2.45, 2.75) is 17.5 Å². The van der Waals surface area contributed by atoms with Gasteiger partial charge in [-0.05, 0) is 6.08 Å². The molecule has 0 spiro atoms. The second-order valence-electron chi connectivity index (χ2n) is 2.35. The van der Waals surface area contributed by atoms with Gasteiger partial charge in [-0.1, -0.05) is 0 Å². The summed E-state index contributed by atoms with van der Waals surface area (Å²) in [6.45, 7) is 0. The zero-order valence-corrected chi connectivity index (χ0v) is 6.45. The lowest BCUT2D eigenvalue weighted by molar-refractivity contribution is -0.143. The number of hydrogen-bond acceptors (Lipinski definition) is 1. The molecule has 1 unspecified atom stereocenters. The number of rotatable bonds is 0. The average Bonchev–Trinajstić information content (AvgIpc) is 1.93. The lowest BCUT2D eigenvalue weighted by atomic mass is 10.0. The van der Waals surface area contributed by atoms with E-state index in [-0.39, 0.29) is 0 Å². The summed E-state index contributed by atoms with van der Waals surface area (Å²) in [6.07, 6.45) is -4.13. The van der Waals surface area contributed by atoms with Crippen LogP contribution in [0.4, 0.5) is 17.6 Å². The normalized spacial score (nSPS) is 30.2. The van der Waals surface area contributed by atoms with Crippen LogP contribution in [0.2, 0.25) is 0 Å². The molecule has 0 radical (unpaired) electrons. The van der Waals surface area contributed by atoms with Gasteiger partial charge in [0.05, 0.1) is 0 Å². The Hall–Kier alpha value is -0.580. The molecule has 1 aliphatic rings. The molecule has 0 aromatic rings. The molecule has 0 bridgehead atoms. The predicted octanol–water partition coefficient (Wildman–Crippen LogP) is 2.81. The molecule has 0 aromatic heterocycles. The molecular weight excluding hydrogens is 198 g/mol. The van der Waals surface area contributed by atoms with Crippen molar-refractivity contribution in [2.24, 2.45) is 4.99 Å². The molecular formula is C6H4ClF4N. The SMILES string of the molecule is FC1=CCC(Cl)(C(F)(F)F)C=N1. The van der Waals surface area contributed by atoms with Crippen LogP contribution in [0.25, 0.3) is 0 Å². The maximum absolute atomic E-state index is 12.2. The molecule has 1 heterocycles. The van der Waals surface area contributed by atoms with Crippen molar-refractivity contribution in [3.8, 4) is 0 Å². The summed E-state index contributed by atoms with van der Waals surface area (Å²) in [5.74, 6) is -0.935. The Bertz CT molecular complexity index is 244. The molecule has 6 heteroatoms. The lowest BCUT2D eigenvalue weighted by Crippen LogP contribution is -2.41. The summed E-state index contributed by atoms with van der Waals surface area (Å²) in [4.78, 5) is 0.328. The van der Waals surface area contributed by atoms with Crippen LogP contribution in [0.3, 0.4) is 0 Å². The highest BCUT2D eigenvalue weighted by Crippen LogP contribution is 2.39. The van der Waals surface area contributed by atoms with E-state index < -0.39 is 23.4 Å². The first-order valence-corrected chi connectivity index (χ1v) is 3.39. The largest absolute Gasteiger partial charge is 0.412 e. The van der Waals surface area contributed by atoms with Crippen molar-refractivity contribution in [3.05, 3.63) is 12.0 Å². The number of alkyl halides is 4. The van der Waals surface area contributed by atoms with E-state index >= 15 is 0 Å². The van der Waals surface area contributed by atoms with Crippen LogP contribution in [0.1, 0.15) is 6.42 Å². The summed E-state index contributed by atoms with van der Waals surface area (Å²) >= 11 is 5.13. The van der Waals surface area contributed by atoms with Crippen molar-refractivity contribution < 1.29 is 17.6 Å². The molecule has 12 heavy (non-hydrogen) atoms. The highest BCUT2D eigenvalue weighted by atomic mass is 35.5. The van der Waals surface area contributed by atoms with Gasteiger partial charge in [-0.15, -0.1) is 11.6 Å². The van der Waals surface area contributed by atoms with E-state index in [1.54, 1.807) is 0 Å². The van der Waals surface area contributed by atoms with Crippen LogP contribution in [0.15, 0.2) is 17.0 Å². The third-order valence-electron chi connectivity index (χ3n) is 1.43. The monoisotopic (exact) mass is 201 g/mol. The summed E-state index contributed by atoms with van der Waals surface area (Å²) in [5, 5.41) is 0. The lowest BCUT2D eigenvalue weighted by Gasteiger charge is -2.25. The van der Waals surface area contributed by atoms with Crippen molar-refractivity contribution in [3.63, 3.8) is 0 Å². The number of hydrogen-bond donors (Lipinski definition) is 0. The highest BCUT2D eigenvalue weighted by molar-refractivity contribution is 6.33. The molecule has 0 saturated heterocycles. The minimum absolute atomic E-state index is 0.379. The molecule has 0 fully saturated rings. The van der Waals surface area contributed by atoms with Gasteiger partial charge in [0, 0.05) is 12.6 Å². The standard InChI is InChI=1S/C6H4ClF4N/c7-5(6(9,10)11)2-1-4(8)12-3-5/h1,3H,2H2. The predicted molar refractivity (Wildman–Crippen MR) is 36.9 cm³/mol. The fraction of sp³-hybridized carbons (Fsp3) is 0.500. The van der Waals surface area contributed by atoms with E-state index in [4.69, 9.17) is 11.6 Å². The summed E-state index contributed by atoms with van der Waals surface area (Å²) in [7, 11) is 0. The maximum atomic E-state index is 12.2. The van der Waals surface area contributed by atoms with Crippen molar-refractivity contribution in [1.29, 1.82) is 0 Å². The van der Waals surface area contributed by atoms with Crippen LogP contribution < -0.4 is 0 Å². The Balaban J connectivity index is 2.86. The third-order valence-corrected chi connectivity index (χ3v) is 1.90. The zero-order chi connectivity index (χ0) is 9.41. The number of aliphatic imine (C=N–C) groups is 1. The Morgan fingerprint density at radius 1 is 1.50 bits per heavy atom. The van der Waals surface area contributed by atoms with Gasteiger partial charge in [-0.3, -0.25) is 0 Å². The van der Waals surface area contributed by atoms with E-state index in [1.165, 1.54) is 0 Å². The Morgan fingerprint density at radius 3 is 2.42 bits per heavy atom. The van der Waals surface area contributed by atoms with Crippen LogP contribution >= 0.6 is 11.6 Å². The maximum Gasteiger partial charge on any atom is 0.412 e. The second kappa shape index (κ2) is 2.73. The van der Waals surface area contributed by atoms with Gasteiger partial charge in [0.15, 0.2) is 4.87 Å². The molecule has 0 N–H and O–H groups in total. The Kier molecular flexibility index (Phi) is 2.16. The van der Waals surface area contributed by atoms with Gasteiger partial charge in [0.25, 0.3) is 0 Å². The van der Waals surface area contributed by atoms with E-state index in [0.717, 1.165) is 0 Å². The first kappa shape index (κ1) is 9.51. The number of allylic oxidation sites excluding steroid dienone is 1. The number of halogens is 5. The second-order valence-corrected chi connectivity index (χ2v) is 3.02. The smallest absolute Gasteiger partial charge is 0.231 e. The molecule has 1 nitrogen and oxygen atoms in total. The van der Waals surface area contributed by atoms with Gasteiger partial charge in [-0.2, -0.15) is 17.6 Å². The summed E-state index contributed by atoms with van der Waals surface area (Å²) < 4.78 is 48.4. The van der Waals surface area contributed by atoms with Gasteiger partial charge in [0.1, 0.15) is 0 Å². The van der Waals surface area contributed by atoms with Gasteiger partial charge in [0.2, 0.25) is 5.95 Å². The highest BCUT2D eigenvalue weighted by Gasteiger charge is 2.52. The zero-order valence-electron chi connectivity index (χ0n) is 5.70. The molecule has 68 valence electrons. The molecule has 0 amide bonds. The van der Waals surface area contributed by atoms with Crippen LogP contribution in [-0.4, -0.2) is 17.3 Å². The molecule has 1 atom stereocenters. The molecule has 1 aliphatic heterocycles. The van der Waals surface area contributed by atoms with Gasteiger partial charge >= 0.3 is 6.18 Å². The Morgan fingerprint density at radius 2 is 2.08 bits per heavy atom. The summed E-state index contributed by atoms with van der Waals surface area (Å²) in [6, 6.07) is 0. The first-order valence-electron chi connectivity index (χ1n) is 3.02. The van der Waals surface area contributed by atoms with Crippen LogP contribution in [0.5, 0.6) is 0 Å². The van der Waals surface area contributed by atoms with E-state index in [0.29, 0.717) is 12.3 Å². The van der Waals surface area contributed by atoms with Gasteiger partial charge in [-0.25, -0.2) is 4.99 Å². The molecule has 1 rings (SSSR count). The Labute approximate surface area is 70.7 Å². The molecule has 0 aromatic carbocycles. The number of nitrogens with zero attached hydrogens (tertiary/aromatic N) is 1. The van der Waals surface area contributed by atoms with Crippen LogP contribution in [-0.2, 0) is 0 Å². The molecule has 0 aliphatic carbocycles. The fourth-order valence-corrected chi connectivity index (χ4v) is 0.817. The van der Waals surface area contributed by atoms with Crippen molar-refractivity contribution in [1.82, 2.24) is 0 Å². The minimum atomic E-state index is -4.60. The van der Waals surface area contributed by atoms with E-state index in [2.05, 4.69) is 4.99 Å². The minimum Gasteiger partial charge on any atom is -0.231 e.